The molecule has 8 heteroatoms. The van der Waals surface area contributed by atoms with Gasteiger partial charge in [-0.15, -0.1) is 5.10 Å². The van der Waals surface area contributed by atoms with E-state index in [9.17, 15) is 0 Å². The highest BCUT2D eigenvalue weighted by atomic mass is 35.5. The molecule has 0 aliphatic rings. The summed E-state index contributed by atoms with van der Waals surface area (Å²) in [5, 5.41) is 11.3. The predicted octanol–water partition coefficient (Wildman–Crippen LogP) is 3.93. The first-order valence-electron chi connectivity index (χ1n) is 7.64. The zero-order valence-corrected chi connectivity index (χ0v) is 13.8. The van der Waals surface area contributed by atoms with E-state index in [1.165, 1.54) is 0 Å². The Labute approximate surface area is 148 Å². The molecule has 0 unspecified atom stereocenters. The zero-order chi connectivity index (χ0) is 17.2. The van der Waals surface area contributed by atoms with Crippen LogP contribution >= 0.6 is 11.6 Å². The fraction of sp³-hybridized carbons (Fsp3) is 0.0588. The number of benzene rings is 2. The van der Waals surface area contributed by atoms with Gasteiger partial charge in [0.25, 0.3) is 0 Å². The molecule has 5 N–H and O–H groups in total. The molecule has 4 rings (SSSR count). The molecule has 25 heavy (non-hydrogen) atoms. The van der Waals surface area contributed by atoms with Crippen LogP contribution in [0.2, 0.25) is 5.02 Å². The number of nitrogens with two attached hydrogens (primary N) is 1. The average Bonchev–Trinajstić information content (AvgIpc) is 3.24. The van der Waals surface area contributed by atoms with Crippen LogP contribution < -0.4 is 15.8 Å². The molecule has 2 aromatic carbocycles. The number of rotatable bonds is 5. The van der Waals surface area contributed by atoms with Crippen LogP contribution in [-0.2, 0) is 6.54 Å². The Morgan fingerprint density at radius 2 is 1.96 bits per heavy atom. The van der Waals surface area contributed by atoms with Crippen molar-refractivity contribution in [3.05, 3.63) is 59.2 Å². The Kier molecular flexibility index (Phi) is 3.91. The quantitative estimate of drug-likeness (QED) is 0.434. The first-order chi connectivity index (χ1) is 12.2. The van der Waals surface area contributed by atoms with E-state index in [1.54, 1.807) is 0 Å². The third-order valence-electron chi connectivity index (χ3n) is 3.78. The number of hydrogen-bond donors (Lipinski definition) is 4. The highest BCUT2D eigenvalue weighted by molar-refractivity contribution is 6.31. The molecule has 4 aromatic rings. The summed E-state index contributed by atoms with van der Waals surface area (Å²) in [4.78, 5) is 7.21. The monoisotopic (exact) mass is 354 g/mol. The molecule has 0 fully saturated rings. The maximum absolute atomic E-state index is 6.37. The minimum Gasteiger partial charge on any atom is -0.455 e. The lowest BCUT2D eigenvalue weighted by molar-refractivity contribution is 0.481. The summed E-state index contributed by atoms with van der Waals surface area (Å²) < 4.78 is 6.13. The first kappa shape index (κ1) is 15.3. The standard InChI is InChI=1S/C17H15ClN6O/c18-12-4-2-5-13(11(12)9-21-17-22-16(19)23-24-17)25-14-6-1-3-10-7-8-20-15(10)14/h1-8,20H,9H2,(H4,19,21,22,23,24). The number of ether oxygens (including phenoxy) is 1. The van der Waals surface area contributed by atoms with E-state index in [0.29, 0.717) is 23.3 Å². The van der Waals surface area contributed by atoms with Gasteiger partial charge in [0.15, 0.2) is 5.75 Å². The molecule has 0 spiro atoms. The zero-order valence-electron chi connectivity index (χ0n) is 13.1. The molecule has 0 atom stereocenters. The summed E-state index contributed by atoms with van der Waals surface area (Å²) >= 11 is 6.37. The topological polar surface area (TPSA) is 105 Å². The van der Waals surface area contributed by atoms with Gasteiger partial charge in [0.05, 0.1) is 5.52 Å². The first-order valence-corrected chi connectivity index (χ1v) is 8.01. The molecule has 0 amide bonds. The normalized spacial score (nSPS) is 10.9. The number of para-hydroxylation sites is 1. The third-order valence-corrected chi connectivity index (χ3v) is 4.13. The van der Waals surface area contributed by atoms with Crippen molar-refractivity contribution in [1.29, 1.82) is 0 Å². The van der Waals surface area contributed by atoms with E-state index in [2.05, 4.69) is 25.5 Å². The van der Waals surface area contributed by atoms with Crippen LogP contribution in [0.1, 0.15) is 5.56 Å². The van der Waals surface area contributed by atoms with Gasteiger partial charge in [-0.2, -0.15) is 4.98 Å². The fourth-order valence-corrected chi connectivity index (χ4v) is 2.82. The van der Waals surface area contributed by atoms with Crippen molar-refractivity contribution in [2.24, 2.45) is 0 Å². The number of aromatic nitrogens is 4. The van der Waals surface area contributed by atoms with Gasteiger partial charge in [0, 0.05) is 28.7 Å². The number of halogens is 1. The van der Waals surface area contributed by atoms with E-state index in [4.69, 9.17) is 22.1 Å². The van der Waals surface area contributed by atoms with Crippen molar-refractivity contribution < 1.29 is 4.74 Å². The largest absolute Gasteiger partial charge is 0.455 e. The van der Waals surface area contributed by atoms with Crippen LogP contribution in [0.4, 0.5) is 11.9 Å². The van der Waals surface area contributed by atoms with E-state index in [1.807, 2.05) is 48.7 Å². The summed E-state index contributed by atoms with van der Waals surface area (Å²) in [5.74, 6) is 2.04. The number of nitrogens with zero attached hydrogens (tertiary/aromatic N) is 2. The Morgan fingerprint density at radius 1 is 1.12 bits per heavy atom. The summed E-state index contributed by atoms with van der Waals surface area (Å²) in [7, 11) is 0. The van der Waals surface area contributed by atoms with Crippen molar-refractivity contribution in [3.63, 3.8) is 0 Å². The average molecular weight is 355 g/mol. The highest BCUT2D eigenvalue weighted by Crippen LogP contribution is 2.34. The number of hydrogen-bond acceptors (Lipinski definition) is 5. The summed E-state index contributed by atoms with van der Waals surface area (Å²) in [6.45, 7) is 0.407. The van der Waals surface area contributed by atoms with E-state index in [-0.39, 0.29) is 5.95 Å². The number of H-pyrrole nitrogens is 2. The molecule has 2 aromatic heterocycles. The van der Waals surface area contributed by atoms with Crippen molar-refractivity contribution in [2.45, 2.75) is 6.54 Å². The van der Waals surface area contributed by atoms with Crippen LogP contribution in [0.25, 0.3) is 10.9 Å². The lowest BCUT2D eigenvalue weighted by Gasteiger charge is -2.13. The van der Waals surface area contributed by atoms with Crippen molar-refractivity contribution in [3.8, 4) is 11.5 Å². The molecule has 0 aliphatic carbocycles. The maximum Gasteiger partial charge on any atom is 0.241 e. The fourth-order valence-electron chi connectivity index (χ4n) is 2.59. The Hall–Kier alpha value is -3.19. The second-order valence-corrected chi connectivity index (χ2v) is 5.82. The second kappa shape index (κ2) is 6.37. The SMILES string of the molecule is Nc1n[nH]c(NCc2c(Cl)cccc2Oc2cccc3cc[nH]c23)n1. The van der Waals surface area contributed by atoms with Gasteiger partial charge in [-0.25, -0.2) is 5.10 Å². The smallest absolute Gasteiger partial charge is 0.241 e. The molecule has 0 radical (unpaired) electrons. The van der Waals surface area contributed by atoms with Gasteiger partial charge in [0.1, 0.15) is 5.75 Å². The third kappa shape index (κ3) is 3.09. The van der Waals surface area contributed by atoms with Gasteiger partial charge in [-0.05, 0) is 24.3 Å². The minimum atomic E-state index is 0.177. The lowest BCUT2D eigenvalue weighted by atomic mass is 10.2. The highest BCUT2D eigenvalue weighted by Gasteiger charge is 2.12. The van der Waals surface area contributed by atoms with Gasteiger partial charge in [-0.1, -0.05) is 29.8 Å². The van der Waals surface area contributed by atoms with Gasteiger partial charge in [-0.3, -0.25) is 0 Å². The Balaban J connectivity index is 1.63. The van der Waals surface area contributed by atoms with E-state index >= 15 is 0 Å². The Morgan fingerprint density at radius 3 is 2.80 bits per heavy atom. The number of fused-ring (bicyclic) bond motifs is 1. The molecule has 0 aliphatic heterocycles. The van der Waals surface area contributed by atoms with Crippen LogP contribution in [0.15, 0.2) is 48.7 Å². The van der Waals surface area contributed by atoms with Crippen LogP contribution in [0, 0.1) is 0 Å². The van der Waals surface area contributed by atoms with E-state index in [0.717, 1.165) is 22.2 Å². The molecule has 0 saturated heterocycles. The van der Waals surface area contributed by atoms with Crippen LogP contribution in [0.5, 0.6) is 11.5 Å². The van der Waals surface area contributed by atoms with Gasteiger partial charge < -0.3 is 20.8 Å². The van der Waals surface area contributed by atoms with Crippen molar-refractivity contribution >= 4 is 34.4 Å². The molecule has 2 heterocycles. The predicted molar refractivity (Wildman–Crippen MR) is 97.9 cm³/mol. The van der Waals surface area contributed by atoms with E-state index < -0.39 is 0 Å². The molecule has 7 nitrogen and oxygen atoms in total. The molecule has 0 bridgehead atoms. The molecule has 126 valence electrons. The van der Waals surface area contributed by atoms with Crippen LogP contribution in [0.3, 0.4) is 0 Å². The summed E-state index contributed by atoms with van der Waals surface area (Å²) in [6, 6.07) is 13.4. The van der Waals surface area contributed by atoms with Crippen LogP contribution in [-0.4, -0.2) is 20.2 Å². The number of nitrogen functional groups attached to an aromatic ring is 1. The minimum absolute atomic E-state index is 0.177. The maximum atomic E-state index is 6.37. The summed E-state index contributed by atoms with van der Waals surface area (Å²) in [5.41, 5.74) is 7.25. The van der Waals surface area contributed by atoms with Gasteiger partial charge >= 0.3 is 0 Å². The van der Waals surface area contributed by atoms with Crippen molar-refractivity contribution in [1.82, 2.24) is 20.2 Å². The molecular weight excluding hydrogens is 340 g/mol. The van der Waals surface area contributed by atoms with Gasteiger partial charge in [0.2, 0.25) is 11.9 Å². The number of nitrogens with one attached hydrogen (secondary N) is 3. The summed E-state index contributed by atoms with van der Waals surface area (Å²) in [6.07, 6.45) is 1.88. The van der Waals surface area contributed by atoms with Crippen molar-refractivity contribution in [2.75, 3.05) is 11.1 Å². The lowest BCUT2D eigenvalue weighted by Crippen LogP contribution is -2.04. The Bertz CT molecular complexity index is 1020. The number of aromatic amines is 2. The number of anilines is 2. The molecule has 0 saturated carbocycles. The molecular formula is C17H15ClN6O. The second-order valence-electron chi connectivity index (χ2n) is 5.41.